The molecule has 4 rings (SSSR count). The van der Waals surface area contributed by atoms with Crippen molar-refractivity contribution < 1.29 is 0 Å². The molecule has 4 aromatic rings. The molecule has 0 aliphatic rings. The first kappa shape index (κ1) is 14.5. The Morgan fingerprint density at radius 3 is 2.83 bits per heavy atom. The van der Waals surface area contributed by atoms with Crippen molar-refractivity contribution in [3.8, 4) is 0 Å². The van der Waals surface area contributed by atoms with E-state index < -0.39 is 0 Å². The second-order valence-electron chi connectivity index (χ2n) is 5.57. The van der Waals surface area contributed by atoms with E-state index in [4.69, 9.17) is 4.98 Å². The molecule has 0 saturated carbocycles. The number of hydrogen-bond acceptors (Lipinski definition) is 5. The van der Waals surface area contributed by atoms with Gasteiger partial charge in [-0.25, -0.2) is 4.98 Å². The zero-order valence-corrected chi connectivity index (χ0v) is 13.3. The van der Waals surface area contributed by atoms with Crippen molar-refractivity contribution in [3.63, 3.8) is 0 Å². The van der Waals surface area contributed by atoms with Crippen LogP contribution in [0.15, 0.2) is 55.6 Å². The zero-order chi connectivity index (χ0) is 16.4. The molecule has 0 N–H and O–H groups in total. The first-order valence-electron chi connectivity index (χ1n) is 7.94. The normalized spacial score (nSPS) is 12.5. The van der Waals surface area contributed by atoms with Crippen molar-refractivity contribution in [2.75, 3.05) is 0 Å². The van der Waals surface area contributed by atoms with Crippen molar-refractivity contribution in [2.45, 2.75) is 25.8 Å². The smallest absolute Gasteiger partial charge is 0.179 e. The largest absolute Gasteiger partial charge is 0.323 e. The highest BCUT2D eigenvalue weighted by Crippen LogP contribution is 2.27. The number of pyridine rings is 1. The predicted octanol–water partition coefficient (Wildman–Crippen LogP) is 2.31. The maximum atomic E-state index is 4.72. The van der Waals surface area contributed by atoms with E-state index in [1.807, 2.05) is 33.4 Å². The van der Waals surface area contributed by atoms with Gasteiger partial charge in [-0.3, -0.25) is 14.4 Å². The molecule has 0 amide bonds. The minimum atomic E-state index is -0.137. The third-order valence-electron chi connectivity index (χ3n) is 4.02. The summed E-state index contributed by atoms with van der Waals surface area (Å²) >= 11 is 0. The van der Waals surface area contributed by atoms with Crippen LogP contribution in [0.25, 0.3) is 5.65 Å². The van der Waals surface area contributed by atoms with Crippen LogP contribution in [-0.2, 0) is 6.42 Å². The Balaban J connectivity index is 1.96. The van der Waals surface area contributed by atoms with Gasteiger partial charge < -0.3 is 4.57 Å². The summed E-state index contributed by atoms with van der Waals surface area (Å²) in [5.74, 6) is 0. The monoisotopic (exact) mass is 319 g/mol. The minimum absolute atomic E-state index is 0.137. The molecular weight excluding hydrogens is 302 g/mol. The predicted molar refractivity (Wildman–Crippen MR) is 88.5 cm³/mol. The molecular formula is C17H17N7. The lowest BCUT2D eigenvalue weighted by Gasteiger charge is -2.21. The minimum Gasteiger partial charge on any atom is -0.323 e. The lowest BCUT2D eigenvalue weighted by atomic mass is 10.0. The van der Waals surface area contributed by atoms with Crippen LogP contribution in [0.1, 0.15) is 36.5 Å². The van der Waals surface area contributed by atoms with Crippen LogP contribution < -0.4 is 0 Å². The van der Waals surface area contributed by atoms with Crippen molar-refractivity contribution in [1.82, 2.24) is 34.1 Å². The molecule has 0 fully saturated rings. The SMILES string of the molecule is CCCc1c(C(c2ccccn2)n2ccnc2)ncc2nncn12. The van der Waals surface area contributed by atoms with Crippen LogP contribution in [0.2, 0.25) is 0 Å². The first-order chi connectivity index (χ1) is 11.9. The molecule has 0 aliphatic carbocycles. The molecule has 0 aliphatic heterocycles. The molecule has 0 bridgehead atoms. The summed E-state index contributed by atoms with van der Waals surface area (Å²) in [5.41, 5.74) is 3.73. The van der Waals surface area contributed by atoms with Gasteiger partial charge in [0.05, 0.1) is 23.9 Å². The van der Waals surface area contributed by atoms with Gasteiger partial charge in [-0.2, -0.15) is 0 Å². The van der Waals surface area contributed by atoms with E-state index in [1.165, 1.54) is 0 Å². The van der Waals surface area contributed by atoms with Crippen LogP contribution in [0.4, 0.5) is 0 Å². The molecule has 0 spiro atoms. The first-order valence-corrected chi connectivity index (χ1v) is 7.94. The molecule has 120 valence electrons. The van der Waals surface area contributed by atoms with E-state index in [0.29, 0.717) is 0 Å². The quantitative estimate of drug-likeness (QED) is 0.564. The van der Waals surface area contributed by atoms with E-state index in [1.54, 1.807) is 31.2 Å². The molecule has 1 unspecified atom stereocenters. The van der Waals surface area contributed by atoms with E-state index >= 15 is 0 Å². The van der Waals surface area contributed by atoms with Crippen LogP contribution in [0, 0.1) is 0 Å². The summed E-state index contributed by atoms with van der Waals surface area (Å²) in [5, 5.41) is 8.13. The Bertz CT molecular complexity index is 928. The summed E-state index contributed by atoms with van der Waals surface area (Å²) in [6.45, 7) is 2.15. The Kier molecular flexibility index (Phi) is 3.74. The van der Waals surface area contributed by atoms with Crippen LogP contribution in [-0.4, -0.2) is 34.1 Å². The van der Waals surface area contributed by atoms with Crippen LogP contribution >= 0.6 is 0 Å². The second kappa shape index (κ2) is 6.19. The van der Waals surface area contributed by atoms with Gasteiger partial charge >= 0.3 is 0 Å². The number of imidazole rings is 1. The van der Waals surface area contributed by atoms with Gasteiger partial charge in [0.25, 0.3) is 0 Å². The Hall–Kier alpha value is -3.09. The fourth-order valence-corrected chi connectivity index (χ4v) is 2.97. The second-order valence-corrected chi connectivity index (χ2v) is 5.57. The lowest BCUT2D eigenvalue weighted by molar-refractivity contribution is 0.619. The van der Waals surface area contributed by atoms with E-state index in [2.05, 4.69) is 27.1 Å². The molecule has 4 aromatic heterocycles. The molecule has 7 nitrogen and oxygen atoms in total. The maximum Gasteiger partial charge on any atom is 0.179 e. The number of fused-ring (bicyclic) bond motifs is 1. The number of hydrogen-bond donors (Lipinski definition) is 0. The Labute approximate surface area is 139 Å². The van der Waals surface area contributed by atoms with Gasteiger partial charge in [0.2, 0.25) is 0 Å². The van der Waals surface area contributed by atoms with Crippen molar-refractivity contribution in [2.24, 2.45) is 0 Å². The lowest BCUT2D eigenvalue weighted by Crippen LogP contribution is -2.18. The Morgan fingerprint density at radius 2 is 2.08 bits per heavy atom. The van der Waals surface area contributed by atoms with E-state index in [-0.39, 0.29) is 6.04 Å². The summed E-state index contributed by atoms with van der Waals surface area (Å²) in [6.07, 6.45) is 12.7. The van der Waals surface area contributed by atoms with Gasteiger partial charge in [0.1, 0.15) is 12.4 Å². The highest BCUT2D eigenvalue weighted by molar-refractivity contribution is 5.39. The van der Waals surface area contributed by atoms with Gasteiger partial charge in [-0.1, -0.05) is 19.4 Å². The molecule has 4 heterocycles. The summed E-state index contributed by atoms with van der Waals surface area (Å²) in [4.78, 5) is 13.5. The molecule has 1 atom stereocenters. The standard InChI is InChI=1S/C17H17N7/c1-2-5-14-16(20-10-15-22-21-12-24(14)15)17(23-9-8-18-11-23)13-6-3-4-7-19-13/h3-4,6-12,17H,2,5H2,1H3. The van der Waals surface area contributed by atoms with Crippen molar-refractivity contribution in [1.29, 1.82) is 0 Å². The number of aromatic nitrogens is 7. The van der Waals surface area contributed by atoms with Gasteiger partial charge in [-0.15, -0.1) is 10.2 Å². The third kappa shape index (κ3) is 2.44. The van der Waals surface area contributed by atoms with Crippen molar-refractivity contribution in [3.05, 3.63) is 72.7 Å². The number of aryl methyl sites for hydroxylation is 1. The fourth-order valence-electron chi connectivity index (χ4n) is 2.97. The van der Waals surface area contributed by atoms with E-state index in [0.717, 1.165) is 35.6 Å². The number of nitrogens with zero attached hydrogens (tertiary/aromatic N) is 7. The molecule has 24 heavy (non-hydrogen) atoms. The van der Waals surface area contributed by atoms with Crippen molar-refractivity contribution >= 4 is 5.65 Å². The molecule has 0 saturated heterocycles. The van der Waals surface area contributed by atoms with Gasteiger partial charge in [0, 0.05) is 24.3 Å². The topological polar surface area (TPSA) is 73.8 Å². The summed E-state index contributed by atoms with van der Waals surface area (Å²) < 4.78 is 4.04. The summed E-state index contributed by atoms with van der Waals surface area (Å²) in [6, 6.07) is 5.78. The maximum absolute atomic E-state index is 4.72. The zero-order valence-electron chi connectivity index (χ0n) is 13.3. The van der Waals surface area contributed by atoms with Gasteiger partial charge in [0.15, 0.2) is 5.65 Å². The van der Waals surface area contributed by atoms with Crippen LogP contribution in [0.5, 0.6) is 0 Å². The average molecular weight is 319 g/mol. The third-order valence-corrected chi connectivity index (χ3v) is 4.02. The van der Waals surface area contributed by atoms with E-state index in [9.17, 15) is 0 Å². The molecule has 0 radical (unpaired) electrons. The highest BCUT2D eigenvalue weighted by Gasteiger charge is 2.23. The molecule has 0 aromatic carbocycles. The Morgan fingerprint density at radius 1 is 1.12 bits per heavy atom. The fraction of sp³-hybridized carbons (Fsp3) is 0.235. The average Bonchev–Trinajstić information content (AvgIpc) is 3.30. The summed E-state index contributed by atoms with van der Waals surface area (Å²) in [7, 11) is 0. The van der Waals surface area contributed by atoms with Gasteiger partial charge in [-0.05, 0) is 18.6 Å². The van der Waals surface area contributed by atoms with Crippen LogP contribution in [0.3, 0.4) is 0 Å². The molecule has 7 heteroatoms. The highest BCUT2D eigenvalue weighted by atomic mass is 15.2. The number of rotatable bonds is 5.